The van der Waals surface area contributed by atoms with Gasteiger partial charge in [-0.3, -0.25) is 0 Å². The standard InChI is InChI=1S/C8H6N2O3/c1-13-7-5(4-9)2-3-10-6(7)8(11)12/h2-3H,1H3,(H,11,12). The van der Waals surface area contributed by atoms with Crippen molar-refractivity contribution in [1.29, 1.82) is 5.26 Å². The number of carboxylic acid groups (broad SMARTS) is 1. The van der Waals surface area contributed by atoms with E-state index in [1.54, 1.807) is 0 Å². The van der Waals surface area contributed by atoms with Crippen molar-refractivity contribution < 1.29 is 14.6 Å². The molecule has 13 heavy (non-hydrogen) atoms. The first-order chi connectivity index (χ1) is 6.20. The number of methoxy groups -OCH3 is 1. The van der Waals surface area contributed by atoms with Crippen molar-refractivity contribution in [1.82, 2.24) is 4.98 Å². The molecule has 0 aliphatic carbocycles. The number of rotatable bonds is 2. The van der Waals surface area contributed by atoms with Gasteiger partial charge in [-0.05, 0) is 6.07 Å². The highest BCUT2D eigenvalue weighted by Gasteiger charge is 2.15. The molecule has 0 saturated carbocycles. The lowest BCUT2D eigenvalue weighted by Gasteiger charge is -2.03. The van der Waals surface area contributed by atoms with Crippen molar-refractivity contribution in [2.45, 2.75) is 0 Å². The molecule has 5 nitrogen and oxygen atoms in total. The summed E-state index contributed by atoms with van der Waals surface area (Å²) in [5.41, 5.74) is -0.0866. The van der Waals surface area contributed by atoms with Crippen LogP contribution in [0.1, 0.15) is 16.1 Å². The SMILES string of the molecule is COc1c(C#N)ccnc1C(=O)O. The molecule has 0 aliphatic rings. The summed E-state index contributed by atoms with van der Waals surface area (Å²) in [6, 6.07) is 3.21. The van der Waals surface area contributed by atoms with Crippen LogP contribution in [-0.2, 0) is 0 Å². The fraction of sp³-hybridized carbons (Fsp3) is 0.125. The monoisotopic (exact) mass is 178 g/mol. The van der Waals surface area contributed by atoms with Gasteiger partial charge < -0.3 is 9.84 Å². The second kappa shape index (κ2) is 3.54. The molecule has 0 atom stereocenters. The fourth-order valence-corrected chi connectivity index (χ4v) is 0.895. The highest BCUT2D eigenvalue weighted by Crippen LogP contribution is 2.20. The Hall–Kier alpha value is -2.09. The number of hydrogen-bond acceptors (Lipinski definition) is 4. The molecule has 0 bridgehead atoms. The third kappa shape index (κ3) is 1.56. The maximum absolute atomic E-state index is 10.6. The number of nitriles is 1. The van der Waals surface area contributed by atoms with Gasteiger partial charge in [0.05, 0.1) is 12.7 Å². The van der Waals surface area contributed by atoms with Crippen molar-refractivity contribution >= 4 is 5.97 Å². The van der Waals surface area contributed by atoms with Gasteiger partial charge in [-0.15, -0.1) is 0 Å². The minimum Gasteiger partial charge on any atom is -0.493 e. The summed E-state index contributed by atoms with van der Waals surface area (Å²) >= 11 is 0. The molecule has 0 saturated heterocycles. The average Bonchev–Trinajstić information content (AvgIpc) is 2.16. The zero-order valence-electron chi connectivity index (χ0n) is 6.81. The maximum Gasteiger partial charge on any atom is 0.358 e. The van der Waals surface area contributed by atoms with Crippen molar-refractivity contribution in [2.75, 3.05) is 7.11 Å². The van der Waals surface area contributed by atoms with Crippen LogP contribution in [0.25, 0.3) is 0 Å². The minimum atomic E-state index is -1.21. The molecule has 0 aromatic carbocycles. The van der Waals surface area contributed by atoms with Crippen LogP contribution < -0.4 is 4.74 Å². The summed E-state index contributed by atoms with van der Waals surface area (Å²) in [5.74, 6) is -1.22. The van der Waals surface area contributed by atoms with Crippen LogP contribution in [-0.4, -0.2) is 23.2 Å². The molecule has 5 heteroatoms. The average molecular weight is 178 g/mol. The second-order valence-corrected chi connectivity index (χ2v) is 2.16. The smallest absolute Gasteiger partial charge is 0.358 e. The predicted octanol–water partition coefficient (Wildman–Crippen LogP) is 0.660. The van der Waals surface area contributed by atoms with Crippen LogP contribution >= 0.6 is 0 Å². The van der Waals surface area contributed by atoms with E-state index in [1.807, 2.05) is 6.07 Å². The molecular weight excluding hydrogens is 172 g/mol. The highest BCUT2D eigenvalue weighted by atomic mass is 16.5. The van der Waals surface area contributed by atoms with E-state index in [-0.39, 0.29) is 17.0 Å². The topological polar surface area (TPSA) is 83.2 Å². The van der Waals surface area contributed by atoms with Gasteiger partial charge in [-0.25, -0.2) is 9.78 Å². The Morgan fingerprint density at radius 2 is 2.46 bits per heavy atom. The number of hydrogen-bond donors (Lipinski definition) is 1. The van der Waals surface area contributed by atoms with Crippen LogP contribution in [0.2, 0.25) is 0 Å². The first-order valence-electron chi connectivity index (χ1n) is 3.37. The van der Waals surface area contributed by atoms with Crippen LogP contribution in [0, 0.1) is 11.3 Å². The second-order valence-electron chi connectivity index (χ2n) is 2.16. The lowest BCUT2D eigenvalue weighted by molar-refractivity contribution is 0.0686. The number of carboxylic acids is 1. The Morgan fingerprint density at radius 1 is 1.77 bits per heavy atom. The quantitative estimate of drug-likeness (QED) is 0.719. The minimum absolute atomic E-state index is 0.00231. The largest absolute Gasteiger partial charge is 0.493 e. The van der Waals surface area contributed by atoms with Crippen molar-refractivity contribution in [3.63, 3.8) is 0 Å². The zero-order valence-corrected chi connectivity index (χ0v) is 6.81. The molecule has 0 fully saturated rings. The van der Waals surface area contributed by atoms with Gasteiger partial charge in [0.25, 0.3) is 0 Å². The van der Waals surface area contributed by atoms with E-state index in [0.717, 1.165) is 0 Å². The third-order valence-electron chi connectivity index (χ3n) is 1.43. The molecule has 0 aliphatic heterocycles. The van der Waals surface area contributed by atoms with Crippen LogP contribution in [0.15, 0.2) is 12.3 Å². The summed E-state index contributed by atoms with van der Waals surface area (Å²) in [5, 5.41) is 17.3. The summed E-state index contributed by atoms with van der Waals surface area (Å²) < 4.78 is 4.76. The van der Waals surface area contributed by atoms with Gasteiger partial charge in [-0.1, -0.05) is 0 Å². The first kappa shape index (κ1) is 9.00. The Balaban J connectivity index is 3.38. The number of pyridine rings is 1. The number of carbonyl (C=O) groups is 1. The molecule has 1 aromatic rings. The van der Waals surface area contributed by atoms with Crippen LogP contribution in [0.4, 0.5) is 0 Å². The molecular formula is C8H6N2O3. The van der Waals surface area contributed by atoms with Gasteiger partial charge in [0, 0.05) is 6.20 Å². The molecule has 0 unspecified atom stereocenters. The Labute approximate surface area is 74.2 Å². The van der Waals surface area contributed by atoms with E-state index in [2.05, 4.69) is 4.98 Å². The van der Waals surface area contributed by atoms with E-state index in [0.29, 0.717) is 0 Å². The lowest BCUT2D eigenvalue weighted by atomic mass is 10.2. The number of ether oxygens (including phenoxy) is 1. The molecule has 0 amide bonds. The van der Waals surface area contributed by atoms with E-state index in [4.69, 9.17) is 15.1 Å². The first-order valence-corrected chi connectivity index (χ1v) is 3.37. The molecule has 1 aromatic heterocycles. The van der Waals surface area contributed by atoms with Gasteiger partial charge in [0.2, 0.25) is 0 Å². The van der Waals surface area contributed by atoms with Gasteiger partial charge in [-0.2, -0.15) is 5.26 Å². The molecule has 0 spiro atoms. The third-order valence-corrected chi connectivity index (χ3v) is 1.43. The summed E-state index contributed by atoms with van der Waals surface area (Å²) in [4.78, 5) is 14.2. The van der Waals surface area contributed by atoms with Gasteiger partial charge in [0.15, 0.2) is 11.4 Å². The Morgan fingerprint density at radius 3 is 2.92 bits per heavy atom. The maximum atomic E-state index is 10.6. The van der Waals surface area contributed by atoms with Crippen LogP contribution in [0.5, 0.6) is 5.75 Å². The van der Waals surface area contributed by atoms with Gasteiger partial charge in [0.1, 0.15) is 6.07 Å². The number of aromatic carboxylic acids is 1. The lowest BCUT2D eigenvalue weighted by Crippen LogP contribution is -2.04. The normalized spacial score (nSPS) is 8.92. The van der Waals surface area contributed by atoms with Crippen molar-refractivity contribution in [3.8, 4) is 11.8 Å². The van der Waals surface area contributed by atoms with Crippen molar-refractivity contribution in [2.24, 2.45) is 0 Å². The van der Waals surface area contributed by atoms with Crippen molar-refractivity contribution in [3.05, 3.63) is 23.5 Å². The predicted molar refractivity (Wildman–Crippen MR) is 42.5 cm³/mol. The van der Waals surface area contributed by atoms with E-state index >= 15 is 0 Å². The highest BCUT2D eigenvalue weighted by molar-refractivity contribution is 5.89. The number of aromatic nitrogens is 1. The number of nitrogens with zero attached hydrogens (tertiary/aromatic N) is 2. The molecule has 0 radical (unpaired) electrons. The zero-order chi connectivity index (χ0) is 9.84. The molecule has 1 N–H and O–H groups in total. The summed E-state index contributed by atoms with van der Waals surface area (Å²) in [7, 11) is 1.30. The van der Waals surface area contributed by atoms with E-state index in [1.165, 1.54) is 19.4 Å². The summed E-state index contributed by atoms with van der Waals surface area (Å²) in [6.45, 7) is 0. The molecule has 66 valence electrons. The Bertz CT molecular complexity index is 381. The van der Waals surface area contributed by atoms with E-state index in [9.17, 15) is 4.79 Å². The van der Waals surface area contributed by atoms with Gasteiger partial charge >= 0.3 is 5.97 Å². The fourth-order valence-electron chi connectivity index (χ4n) is 0.895. The van der Waals surface area contributed by atoms with E-state index < -0.39 is 5.97 Å². The summed E-state index contributed by atoms with van der Waals surface area (Å²) in [6.07, 6.45) is 1.25. The van der Waals surface area contributed by atoms with Crippen LogP contribution in [0.3, 0.4) is 0 Å². The molecule has 1 rings (SSSR count). The Kier molecular flexibility index (Phi) is 2.45. The molecule has 1 heterocycles.